The van der Waals surface area contributed by atoms with E-state index >= 15 is 0 Å². The minimum atomic E-state index is -0.685. The fraction of sp³-hybridized carbons (Fsp3) is 0.238. The number of anilines is 1. The second-order valence-electron chi connectivity index (χ2n) is 6.07. The molecule has 0 aliphatic rings. The van der Waals surface area contributed by atoms with Crippen molar-refractivity contribution in [3.8, 4) is 6.07 Å². The highest BCUT2D eigenvalue weighted by Gasteiger charge is 2.16. The minimum absolute atomic E-state index is 0.210. The number of rotatable bonds is 8. The summed E-state index contributed by atoms with van der Waals surface area (Å²) in [4.78, 5) is 37.3. The lowest BCUT2D eigenvalue weighted by molar-refractivity contribution is -0.135. The van der Waals surface area contributed by atoms with Crippen LogP contribution in [0.1, 0.15) is 29.3 Å². The SMILES string of the molecule is CCN(Cc1cccc(F)c1)C(=O)COC(=O)c1ccc(NC(=O)CC#N)cc1. The Morgan fingerprint density at radius 1 is 1.17 bits per heavy atom. The van der Waals surface area contributed by atoms with Crippen LogP contribution in [0.25, 0.3) is 0 Å². The van der Waals surface area contributed by atoms with Gasteiger partial charge in [-0.15, -0.1) is 0 Å². The van der Waals surface area contributed by atoms with Crippen LogP contribution in [0.4, 0.5) is 10.1 Å². The van der Waals surface area contributed by atoms with Crippen molar-refractivity contribution in [2.24, 2.45) is 0 Å². The third-order valence-electron chi connectivity index (χ3n) is 3.97. The highest BCUT2D eigenvalue weighted by atomic mass is 19.1. The second kappa shape index (κ2) is 10.6. The van der Waals surface area contributed by atoms with E-state index in [1.165, 1.54) is 41.3 Å². The first-order valence-electron chi connectivity index (χ1n) is 8.89. The lowest BCUT2D eigenvalue weighted by atomic mass is 10.2. The van der Waals surface area contributed by atoms with Crippen molar-refractivity contribution >= 4 is 23.5 Å². The van der Waals surface area contributed by atoms with Gasteiger partial charge in [0.25, 0.3) is 5.91 Å². The lowest BCUT2D eigenvalue weighted by Crippen LogP contribution is -2.34. The predicted octanol–water partition coefficient (Wildman–Crippen LogP) is 2.88. The van der Waals surface area contributed by atoms with Crippen molar-refractivity contribution in [1.29, 1.82) is 5.26 Å². The number of esters is 1. The molecule has 0 radical (unpaired) electrons. The predicted molar refractivity (Wildman–Crippen MR) is 103 cm³/mol. The topological polar surface area (TPSA) is 99.5 Å². The molecule has 0 aliphatic heterocycles. The van der Waals surface area contributed by atoms with E-state index in [9.17, 15) is 18.8 Å². The van der Waals surface area contributed by atoms with Crippen molar-refractivity contribution in [3.05, 3.63) is 65.5 Å². The summed E-state index contributed by atoms with van der Waals surface area (Å²) in [7, 11) is 0. The number of hydrogen-bond acceptors (Lipinski definition) is 5. The highest BCUT2D eigenvalue weighted by Crippen LogP contribution is 2.12. The molecule has 0 fully saturated rings. The number of carbonyl (C=O) groups excluding carboxylic acids is 3. The molecule has 150 valence electrons. The van der Waals surface area contributed by atoms with Crippen LogP contribution < -0.4 is 5.32 Å². The van der Waals surface area contributed by atoms with Crippen molar-refractivity contribution in [3.63, 3.8) is 0 Å². The van der Waals surface area contributed by atoms with E-state index in [1.54, 1.807) is 25.1 Å². The van der Waals surface area contributed by atoms with Crippen LogP contribution >= 0.6 is 0 Å². The second-order valence-corrected chi connectivity index (χ2v) is 6.07. The van der Waals surface area contributed by atoms with Gasteiger partial charge < -0.3 is 15.0 Å². The van der Waals surface area contributed by atoms with Crippen LogP contribution in [0.3, 0.4) is 0 Å². The molecule has 0 bridgehead atoms. The molecule has 2 amide bonds. The largest absolute Gasteiger partial charge is 0.452 e. The fourth-order valence-corrected chi connectivity index (χ4v) is 2.50. The number of nitriles is 1. The van der Waals surface area contributed by atoms with Gasteiger partial charge in [-0.3, -0.25) is 9.59 Å². The molecule has 0 saturated carbocycles. The lowest BCUT2D eigenvalue weighted by Gasteiger charge is -2.21. The molecule has 7 nitrogen and oxygen atoms in total. The van der Waals surface area contributed by atoms with E-state index in [1.807, 2.05) is 0 Å². The number of amides is 2. The molecule has 1 N–H and O–H groups in total. The summed E-state index contributed by atoms with van der Waals surface area (Å²) in [6.45, 7) is 1.92. The van der Waals surface area contributed by atoms with Gasteiger partial charge in [-0.25, -0.2) is 9.18 Å². The van der Waals surface area contributed by atoms with Gasteiger partial charge in [-0.05, 0) is 48.9 Å². The Balaban J connectivity index is 1.89. The molecule has 29 heavy (non-hydrogen) atoms. The van der Waals surface area contributed by atoms with Gasteiger partial charge in [0.05, 0.1) is 11.6 Å². The van der Waals surface area contributed by atoms with Crippen LogP contribution in [-0.2, 0) is 20.9 Å². The molecule has 0 unspecified atom stereocenters. The Morgan fingerprint density at radius 3 is 2.52 bits per heavy atom. The Kier molecular flexibility index (Phi) is 7.86. The molecular formula is C21H20FN3O4. The Hall–Kier alpha value is -3.73. The smallest absolute Gasteiger partial charge is 0.338 e. The van der Waals surface area contributed by atoms with Gasteiger partial charge in [0.15, 0.2) is 6.61 Å². The molecular weight excluding hydrogens is 377 g/mol. The van der Waals surface area contributed by atoms with Gasteiger partial charge in [0.1, 0.15) is 12.2 Å². The van der Waals surface area contributed by atoms with Gasteiger partial charge in [0, 0.05) is 18.8 Å². The Morgan fingerprint density at radius 2 is 1.90 bits per heavy atom. The average Bonchev–Trinajstić information content (AvgIpc) is 2.70. The number of ether oxygens (including phenoxy) is 1. The number of carbonyl (C=O) groups is 3. The highest BCUT2D eigenvalue weighted by molar-refractivity contribution is 5.94. The summed E-state index contributed by atoms with van der Waals surface area (Å²) in [5, 5.41) is 11.0. The summed E-state index contributed by atoms with van der Waals surface area (Å²) in [5.74, 6) is -1.92. The zero-order valence-corrected chi connectivity index (χ0v) is 15.9. The van der Waals surface area contributed by atoms with Gasteiger partial charge >= 0.3 is 5.97 Å². The number of nitrogens with one attached hydrogen (secondary N) is 1. The minimum Gasteiger partial charge on any atom is -0.452 e. The maximum atomic E-state index is 13.3. The fourth-order valence-electron chi connectivity index (χ4n) is 2.50. The molecule has 0 spiro atoms. The quantitative estimate of drug-likeness (QED) is 0.691. The molecule has 2 rings (SSSR count). The van der Waals surface area contributed by atoms with Crippen LogP contribution in [0.5, 0.6) is 0 Å². The number of benzene rings is 2. The van der Waals surface area contributed by atoms with Crippen LogP contribution in [-0.4, -0.2) is 35.8 Å². The summed E-state index contributed by atoms with van der Waals surface area (Å²) in [6.07, 6.45) is -0.268. The Bertz CT molecular complexity index is 922. The standard InChI is InChI=1S/C21H20FN3O4/c1-2-25(13-15-4-3-5-17(22)12-15)20(27)14-29-21(28)16-6-8-18(9-7-16)24-19(26)10-11-23/h3-9,12H,2,10,13-14H2,1H3,(H,24,26). The Labute approximate surface area is 167 Å². The zero-order valence-electron chi connectivity index (χ0n) is 15.9. The number of hydrogen-bond donors (Lipinski definition) is 1. The first-order valence-corrected chi connectivity index (χ1v) is 8.89. The number of halogens is 1. The van der Waals surface area contributed by atoms with Crippen molar-refractivity contribution in [2.45, 2.75) is 19.9 Å². The summed E-state index contributed by atoms with van der Waals surface area (Å²) >= 11 is 0. The number of nitrogens with zero attached hydrogens (tertiary/aromatic N) is 2. The third-order valence-corrected chi connectivity index (χ3v) is 3.97. The van der Waals surface area contributed by atoms with Gasteiger partial charge in [0.2, 0.25) is 5.91 Å². The molecule has 2 aromatic rings. The first kappa shape index (κ1) is 21.6. The van der Waals surface area contributed by atoms with Crippen molar-refractivity contribution < 1.29 is 23.5 Å². The molecule has 8 heteroatoms. The molecule has 0 heterocycles. The first-order chi connectivity index (χ1) is 13.9. The maximum Gasteiger partial charge on any atom is 0.338 e. The molecule has 2 aromatic carbocycles. The van der Waals surface area contributed by atoms with Crippen LogP contribution in [0.15, 0.2) is 48.5 Å². The summed E-state index contributed by atoms with van der Waals surface area (Å²) in [5.41, 5.74) is 1.29. The molecule has 0 saturated heterocycles. The number of likely N-dealkylation sites (N-methyl/N-ethyl adjacent to an activating group) is 1. The molecule has 0 atom stereocenters. The third kappa shape index (κ3) is 6.74. The van der Waals surface area contributed by atoms with Crippen LogP contribution in [0.2, 0.25) is 0 Å². The zero-order chi connectivity index (χ0) is 21.2. The van der Waals surface area contributed by atoms with Crippen LogP contribution in [0, 0.1) is 17.1 Å². The summed E-state index contributed by atoms with van der Waals surface area (Å²) < 4.78 is 18.3. The van der Waals surface area contributed by atoms with Gasteiger partial charge in [-0.1, -0.05) is 12.1 Å². The average molecular weight is 397 g/mol. The van der Waals surface area contributed by atoms with E-state index in [2.05, 4.69) is 5.32 Å². The van der Waals surface area contributed by atoms with E-state index in [0.29, 0.717) is 17.8 Å². The van der Waals surface area contributed by atoms with E-state index < -0.39 is 24.4 Å². The molecule has 0 aromatic heterocycles. The van der Waals surface area contributed by atoms with E-state index in [4.69, 9.17) is 10.00 Å². The monoisotopic (exact) mass is 397 g/mol. The van der Waals surface area contributed by atoms with E-state index in [-0.39, 0.29) is 24.3 Å². The van der Waals surface area contributed by atoms with Crippen molar-refractivity contribution in [2.75, 3.05) is 18.5 Å². The summed E-state index contributed by atoms with van der Waals surface area (Å²) in [6, 6.07) is 13.6. The van der Waals surface area contributed by atoms with Crippen molar-refractivity contribution in [1.82, 2.24) is 4.90 Å². The van der Waals surface area contributed by atoms with Gasteiger partial charge in [-0.2, -0.15) is 5.26 Å². The maximum absolute atomic E-state index is 13.3. The van der Waals surface area contributed by atoms with E-state index in [0.717, 1.165) is 0 Å². The molecule has 0 aliphatic carbocycles. The normalized spacial score (nSPS) is 9.97.